The van der Waals surface area contributed by atoms with E-state index in [2.05, 4.69) is 27.2 Å². The second-order valence-corrected chi connectivity index (χ2v) is 6.70. The first-order valence-corrected chi connectivity index (χ1v) is 9.82. The Hall–Kier alpha value is -3.49. The number of hydrogen-bond acceptors (Lipinski definition) is 10. The smallest absolute Gasteiger partial charge is 0.352 e. The number of rotatable bonds is 10. The third kappa shape index (κ3) is 5.76. The quantitative estimate of drug-likeness (QED) is 0.304. The number of esters is 1. The monoisotopic (exact) mass is 430 g/mol. The molecule has 2 heterocycles. The van der Waals surface area contributed by atoms with Crippen LogP contribution in [-0.2, 0) is 20.8 Å². The molecule has 0 aliphatic carbocycles. The van der Waals surface area contributed by atoms with Crippen LogP contribution in [0.1, 0.15) is 6.92 Å². The van der Waals surface area contributed by atoms with Gasteiger partial charge in [0.25, 0.3) is 5.56 Å². The van der Waals surface area contributed by atoms with Crippen molar-refractivity contribution in [2.24, 2.45) is 0 Å². The van der Waals surface area contributed by atoms with Gasteiger partial charge in [0.2, 0.25) is 5.95 Å². The van der Waals surface area contributed by atoms with Crippen molar-refractivity contribution in [2.45, 2.75) is 13.5 Å². The molecule has 2 aromatic rings. The standard InChI is InChI=1S/C19H22N6O4S/c1-4-9-29-18(27)13(11-20)17-25(5-2)16(26)14(30-17)12-23-19-22-7-6-15(24-19)21-8-10-28-3/h4,6-7,12H,1,5,8-10H2,2-3H3,(H2,21,22,23,24)/b14-12+,17-13-. The molecule has 0 aliphatic heterocycles. The Morgan fingerprint density at radius 2 is 2.30 bits per heavy atom. The minimum atomic E-state index is -0.807. The summed E-state index contributed by atoms with van der Waals surface area (Å²) in [5, 5.41) is 15.4. The molecule has 2 N–H and O–H groups in total. The lowest BCUT2D eigenvalue weighted by Gasteiger charge is -2.05. The highest BCUT2D eigenvalue weighted by Gasteiger charge is 2.16. The Balaban J connectivity index is 2.39. The molecule has 0 saturated heterocycles. The molecule has 0 amide bonds. The molecule has 0 radical (unpaired) electrons. The van der Waals surface area contributed by atoms with Gasteiger partial charge in [0.1, 0.15) is 27.7 Å². The Bertz CT molecular complexity index is 1120. The number of ether oxygens (including phenoxy) is 2. The topological polar surface area (TPSA) is 131 Å². The van der Waals surface area contributed by atoms with E-state index in [1.807, 2.05) is 6.07 Å². The Morgan fingerprint density at radius 3 is 2.97 bits per heavy atom. The molecule has 0 atom stereocenters. The summed E-state index contributed by atoms with van der Waals surface area (Å²) in [6.07, 6.45) is 4.41. The molecule has 0 bridgehead atoms. The first kappa shape index (κ1) is 22.8. The Morgan fingerprint density at radius 1 is 1.50 bits per heavy atom. The average Bonchev–Trinajstić information content (AvgIpc) is 3.06. The van der Waals surface area contributed by atoms with E-state index in [4.69, 9.17) is 9.47 Å². The number of hydrogen-bond donors (Lipinski definition) is 2. The summed E-state index contributed by atoms with van der Waals surface area (Å²) in [5.41, 5.74) is -0.579. The fourth-order valence-electron chi connectivity index (χ4n) is 2.32. The zero-order valence-electron chi connectivity index (χ0n) is 16.7. The molecule has 30 heavy (non-hydrogen) atoms. The summed E-state index contributed by atoms with van der Waals surface area (Å²) in [5.74, 6) is 0.0732. The van der Waals surface area contributed by atoms with Crippen molar-refractivity contribution in [3.8, 4) is 6.07 Å². The van der Waals surface area contributed by atoms with E-state index in [9.17, 15) is 14.9 Å². The van der Waals surface area contributed by atoms with Gasteiger partial charge < -0.3 is 20.1 Å². The number of methoxy groups -OCH3 is 1. The third-order valence-electron chi connectivity index (χ3n) is 3.69. The molecular weight excluding hydrogens is 408 g/mol. The van der Waals surface area contributed by atoms with Gasteiger partial charge in [-0.2, -0.15) is 10.2 Å². The molecule has 0 aromatic carbocycles. The number of anilines is 2. The molecule has 2 aromatic heterocycles. The predicted octanol–water partition coefficient (Wildman–Crippen LogP) is 0.0316. The van der Waals surface area contributed by atoms with Gasteiger partial charge in [-0.1, -0.05) is 12.7 Å². The summed E-state index contributed by atoms with van der Waals surface area (Å²) < 4.78 is 11.8. The van der Waals surface area contributed by atoms with Crippen molar-refractivity contribution in [1.29, 1.82) is 5.26 Å². The van der Waals surface area contributed by atoms with Crippen LogP contribution in [0.25, 0.3) is 11.8 Å². The van der Waals surface area contributed by atoms with Gasteiger partial charge in [0.05, 0.1) is 6.61 Å². The second kappa shape index (κ2) is 11.5. The summed E-state index contributed by atoms with van der Waals surface area (Å²) >= 11 is 1.00. The van der Waals surface area contributed by atoms with E-state index < -0.39 is 5.97 Å². The first-order valence-electron chi connectivity index (χ1n) is 9.00. The van der Waals surface area contributed by atoms with Gasteiger partial charge in [-0.05, 0) is 13.0 Å². The Kier molecular flexibility index (Phi) is 8.74. The highest BCUT2D eigenvalue weighted by molar-refractivity contribution is 7.07. The fraction of sp³-hybridized carbons (Fsp3) is 0.316. The molecule has 158 valence electrons. The largest absolute Gasteiger partial charge is 0.457 e. The van der Waals surface area contributed by atoms with Crippen LogP contribution in [-0.4, -0.2) is 47.4 Å². The summed E-state index contributed by atoms with van der Waals surface area (Å²) in [4.78, 5) is 33.2. The van der Waals surface area contributed by atoms with Crippen molar-refractivity contribution in [3.63, 3.8) is 0 Å². The third-order valence-corrected chi connectivity index (χ3v) is 4.82. The van der Waals surface area contributed by atoms with Gasteiger partial charge >= 0.3 is 5.97 Å². The van der Waals surface area contributed by atoms with Crippen LogP contribution in [0.15, 0.2) is 29.7 Å². The SMILES string of the molecule is C=CCOC(=O)/C(C#N)=c1\s/c(=C/Nc2nccc(NCCOC)n2)c(=O)n1CC. The lowest BCUT2D eigenvalue weighted by atomic mass is 10.3. The van der Waals surface area contributed by atoms with Gasteiger partial charge in [-0.3, -0.25) is 9.36 Å². The molecule has 10 nitrogen and oxygen atoms in total. The van der Waals surface area contributed by atoms with Crippen LogP contribution < -0.4 is 25.4 Å². The number of nitrogens with zero attached hydrogens (tertiary/aromatic N) is 4. The summed E-state index contributed by atoms with van der Waals surface area (Å²) in [6.45, 7) is 6.58. The number of aromatic nitrogens is 3. The molecule has 0 unspecified atom stereocenters. The number of carbonyl (C=O) groups excluding carboxylic acids is 1. The van der Waals surface area contributed by atoms with Gasteiger partial charge in [0.15, 0.2) is 5.57 Å². The zero-order valence-corrected chi connectivity index (χ0v) is 17.5. The van der Waals surface area contributed by atoms with E-state index >= 15 is 0 Å². The minimum absolute atomic E-state index is 0.0294. The molecule has 0 fully saturated rings. The van der Waals surface area contributed by atoms with Crippen molar-refractivity contribution < 1.29 is 14.3 Å². The number of nitriles is 1. The van der Waals surface area contributed by atoms with Crippen molar-refractivity contribution in [3.05, 3.63) is 44.5 Å². The van der Waals surface area contributed by atoms with Crippen molar-refractivity contribution >= 4 is 40.8 Å². The lowest BCUT2D eigenvalue weighted by Crippen LogP contribution is -2.32. The first-order chi connectivity index (χ1) is 14.5. The maximum atomic E-state index is 12.7. The number of carbonyl (C=O) groups is 1. The number of nitrogens with one attached hydrogen (secondary N) is 2. The van der Waals surface area contributed by atoms with E-state index in [-0.39, 0.29) is 39.4 Å². The second-order valence-electron chi connectivity index (χ2n) is 5.67. The van der Waals surface area contributed by atoms with Crippen LogP contribution in [0.4, 0.5) is 11.8 Å². The summed E-state index contributed by atoms with van der Waals surface area (Å²) in [6, 6.07) is 3.53. The molecule has 11 heteroatoms. The van der Waals surface area contributed by atoms with E-state index in [1.165, 1.54) is 16.8 Å². The van der Waals surface area contributed by atoms with Crippen LogP contribution in [0.2, 0.25) is 0 Å². The van der Waals surface area contributed by atoms with Gasteiger partial charge in [-0.15, -0.1) is 11.3 Å². The predicted molar refractivity (Wildman–Crippen MR) is 114 cm³/mol. The van der Waals surface area contributed by atoms with Crippen molar-refractivity contribution in [1.82, 2.24) is 14.5 Å². The molecule has 0 saturated carbocycles. The minimum Gasteiger partial charge on any atom is -0.457 e. The maximum Gasteiger partial charge on any atom is 0.352 e. The molecule has 2 rings (SSSR count). The van der Waals surface area contributed by atoms with Gasteiger partial charge in [0, 0.05) is 32.6 Å². The highest BCUT2D eigenvalue weighted by atomic mass is 32.1. The summed E-state index contributed by atoms with van der Waals surface area (Å²) in [7, 11) is 1.61. The zero-order chi connectivity index (χ0) is 21.9. The number of thiazole rings is 1. The fourth-order valence-corrected chi connectivity index (χ4v) is 3.39. The van der Waals surface area contributed by atoms with E-state index in [1.54, 1.807) is 26.3 Å². The normalized spacial score (nSPS) is 12.1. The van der Waals surface area contributed by atoms with Crippen LogP contribution in [0, 0.1) is 11.3 Å². The van der Waals surface area contributed by atoms with E-state index in [0.717, 1.165) is 11.3 Å². The van der Waals surface area contributed by atoms with Crippen molar-refractivity contribution in [2.75, 3.05) is 37.5 Å². The highest BCUT2D eigenvalue weighted by Crippen LogP contribution is 2.05. The Labute approximate surface area is 176 Å². The van der Waals surface area contributed by atoms with Crippen LogP contribution >= 0.6 is 11.3 Å². The van der Waals surface area contributed by atoms with Gasteiger partial charge in [-0.25, -0.2) is 9.78 Å². The molecule has 0 spiro atoms. The average molecular weight is 430 g/mol. The molecule has 0 aliphatic rings. The maximum absolute atomic E-state index is 12.7. The van der Waals surface area contributed by atoms with Crippen LogP contribution in [0.5, 0.6) is 0 Å². The van der Waals surface area contributed by atoms with Crippen LogP contribution in [0.3, 0.4) is 0 Å². The van der Waals surface area contributed by atoms with E-state index in [0.29, 0.717) is 19.0 Å². The molecular formula is C19H22N6O4S. The lowest BCUT2D eigenvalue weighted by molar-refractivity contribution is -0.135.